The first-order valence-corrected chi connectivity index (χ1v) is 10.9. The van der Waals surface area contributed by atoms with Crippen molar-refractivity contribution in [2.75, 3.05) is 13.1 Å². The monoisotopic (exact) mass is 422 g/mol. The molecule has 1 aromatic carbocycles. The fraction of sp³-hybridized carbons (Fsp3) is 0.417. The smallest absolute Gasteiger partial charge is 0.250 e. The van der Waals surface area contributed by atoms with Crippen LogP contribution in [0.15, 0.2) is 47.5 Å². The van der Waals surface area contributed by atoms with Crippen LogP contribution in [0.1, 0.15) is 36.3 Å². The van der Waals surface area contributed by atoms with Gasteiger partial charge in [0.15, 0.2) is 0 Å². The van der Waals surface area contributed by atoms with Crippen LogP contribution in [0.25, 0.3) is 10.9 Å². The van der Waals surface area contributed by atoms with E-state index in [4.69, 9.17) is 0 Å². The van der Waals surface area contributed by atoms with Crippen LogP contribution in [0.4, 0.5) is 4.39 Å². The van der Waals surface area contributed by atoms with Crippen molar-refractivity contribution >= 4 is 16.8 Å². The quantitative estimate of drug-likeness (QED) is 0.664. The Labute approximate surface area is 180 Å². The van der Waals surface area contributed by atoms with Gasteiger partial charge < -0.3 is 19.8 Å². The number of halogens is 1. The van der Waals surface area contributed by atoms with Gasteiger partial charge in [-0.3, -0.25) is 9.59 Å². The highest BCUT2D eigenvalue weighted by molar-refractivity contribution is 5.85. The molecule has 7 heteroatoms. The second kappa shape index (κ2) is 7.96. The van der Waals surface area contributed by atoms with E-state index in [0.29, 0.717) is 18.5 Å². The first-order chi connectivity index (χ1) is 15.0. The number of amides is 1. The Balaban J connectivity index is 1.45. The number of hydrogen-bond acceptors (Lipinski definition) is 3. The normalized spacial score (nSPS) is 21.4. The van der Waals surface area contributed by atoms with Crippen molar-refractivity contribution in [2.24, 2.45) is 13.0 Å². The Kier molecular flexibility index (Phi) is 5.14. The lowest BCUT2D eigenvalue weighted by atomic mass is 9.80. The number of nitrogens with one attached hydrogen (secondary N) is 2. The number of carbonyl (C=O) groups excluding carboxylic acids is 1. The Morgan fingerprint density at radius 1 is 1.26 bits per heavy atom. The number of carbonyl (C=O) groups is 1. The van der Waals surface area contributed by atoms with Crippen LogP contribution in [-0.4, -0.2) is 39.5 Å². The Hall–Kier alpha value is -2.93. The van der Waals surface area contributed by atoms with Gasteiger partial charge in [-0.1, -0.05) is 6.07 Å². The molecule has 0 bridgehead atoms. The van der Waals surface area contributed by atoms with Crippen LogP contribution in [0.5, 0.6) is 0 Å². The van der Waals surface area contributed by atoms with Gasteiger partial charge in [-0.05, 0) is 61.1 Å². The van der Waals surface area contributed by atoms with Gasteiger partial charge in [0, 0.05) is 55.5 Å². The predicted molar refractivity (Wildman–Crippen MR) is 117 cm³/mol. The first-order valence-electron chi connectivity index (χ1n) is 10.9. The zero-order valence-electron chi connectivity index (χ0n) is 17.6. The maximum Gasteiger partial charge on any atom is 0.250 e. The molecule has 2 aliphatic rings. The summed E-state index contributed by atoms with van der Waals surface area (Å²) in [4.78, 5) is 31.0. The van der Waals surface area contributed by atoms with Gasteiger partial charge in [-0.15, -0.1) is 0 Å². The summed E-state index contributed by atoms with van der Waals surface area (Å²) in [5.74, 6) is -0.416. The SMILES string of the molecule is Cn1ccc([C@H]2CCNCC2C(=O)N(Cc2c[nH]c3cccc(F)c23)C2CC2)cc1=O. The molecule has 1 saturated heterocycles. The number of aromatic amines is 1. The summed E-state index contributed by atoms with van der Waals surface area (Å²) in [6.45, 7) is 1.80. The van der Waals surface area contributed by atoms with Gasteiger partial charge in [0.05, 0.1) is 5.92 Å². The predicted octanol–water partition coefficient (Wildman–Crippen LogP) is 2.89. The van der Waals surface area contributed by atoms with Gasteiger partial charge in [0.1, 0.15) is 5.82 Å². The molecule has 2 atom stereocenters. The topological polar surface area (TPSA) is 70.1 Å². The van der Waals surface area contributed by atoms with Gasteiger partial charge in [-0.25, -0.2) is 4.39 Å². The summed E-state index contributed by atoms with van der Waals surface area (Å²) in [6, 6.07) is 8.81. The molecule has 1 aliphatic carbocycles. The summed E-state index contributed by atoms with van der Waals surface area (Å²) in [5, 5.41) is 3.92. The summed E-state index contributed by atoms with van der Waals surface area (Å²) in [5.41, 5.74) is 2.42. The fourth-order valence-electron chi connectivity index (χ4n) is 4.81. The number of H-pyrrole nitrogens is 1. The third-order valence-electron chi connectivity index (χ3n) is 6.70. The zero-order chi connectivity index (χ0) is 21.5. The van der Waals surface area contributed by atoms with Crippen molar-refractivity contribution in [1.82, 2.24) is 19.8 Å². The minimum Gasteiger partial charge on any atom is -0.361 e. The largest absolute Gasteiger partial charge is 0.361 e. The van der Waals surface area contributed by atoms with Crippen molar-refractivity contribution in [3.8, 4) is 0 Å². The first kappa shape index (κ1) is 20.0. The third kappa shape index (κ3) is 3.78. The fourth-order valence-corrected chi connectivity index (χ4v) is 4.81. The van der Waals surface area contributed by atoms with Crippen LogP contribution in [-0.2, 0) is 18.4 Å². The molecule has 1 saturated carbocycles. The lowest BCUT2D eigenvalue weighted by Crippen LogP contribution is -2.47. The van der Waals surface area contributed by atoms with E-state index >= 15 is 0 Å². The van der Waals surface area contributed by atoms with Crippen LogP contribution < -0.4 is 10.9 Å². The Morgan fingerprint density at radius 3 is 2.87 bits per heavy atom. The second-order valence-electron chi connectivity index (χ2n) is 8.79. The number of aromatic nitrogens is 2. The molecule has 1 unspecified atom stereocenters. The highest BCUT2D eigenvalue weighted by Gasteiger charge is 2.40. The lowest BCUT2D eigenvalue weighted by Gasteiger charge is -2.35. The van der Waals surface area contributed by atoms with Crippen molar-refractivity contribution in [2.45, 2.75) is 37.8 Å². The molecule has 0 spiro atoms. The molecular weight excluding hydrogens is 395 g/mol. The molecule has 0 radical (unpaired) electrons. The van der Waals surface area contributed by atoms with Crippen LogP contribution in [0.3, 0.4) is 0 Å². The van der Waals surface area contributed by atoms with Crippen LogP contribution in [0, 0.1) is 11.7 Å². The average Bonchev–Trinajstić information content (AvgIpc) is 3.53. The summed E-state index contributed by atoms with van der Waals surface area (Å²) >= 11 is 0. The Morgan fingerprint density at radius 2 is 2.10 bits per heavy atom. The van der Waals surface area contributed by atoms with E-state index in [9.17, 15) is 14.0 Å². The number of benzene rings is 1. The van der Waals surface area contributed by atoms with E-state index in [1.165, 1.54) is 6.07 Å². The number of pyridine rings is 1. The summed E-state index contributed by atoms with van der Waals surface area (Å²) in [6.07, 6.45) is 6.35. The molecule has 31 heavy (non-hydrogen) atoms. The number of rotatable bonds is 5. The molecular formula is C24H27FN4O2. The number of aryl methyl sites for hydroxylation is 1. The number of hydrogen-bond donors (Lipinski definition) is 2. The van der Waals surface area contributed by atoms with E-state index < -0.39 is 0 Å². The maximum atomic E-state index is 14.5. The second-order valence-corrected chi connectivity index (χ2v) is 8.79. The molecule has 2 aromatic heterocycles. The molecule has 162 valence electrons. The van der Waals surface area contributed by atoms with E-state index in [-0.39, 0.29) is 35.2 Å². The molecule has 5 rings (SSSR count). The van der Waals surface area contributed by atoms with Gasteiger partial charge in [0.2, 0.25) is 5.91 Å². The molecule has 1 amide bonds. The molecule has 3 heterocycles. The third-order valence-corrected chi connectivity index (χ3v) is 6.70. The zero-order valence-corrected chi connectivity index (χ0v) is 17.6. The molecule has 2 fully saturated rings. The van der Waals surface area contributed by atoms with Crippen molar-refractivity contribution in [3.05, 3.63) is 70.0 Å². The minimum atomic E-state index is -0.269. The van der Waals surface area contributed by atoms with Crippen LogP contribution in [0.2, 0.25) is 0 Å². The van der Waals surface area contributed by atoms with Crippen LogP contribution >= 0.6 is 0 Å². The van der Waals surface area contributed by atoms with Crippen molar-refractivity contribution in [3.63, 3.8) is 0 Å². The van der Waals surface area contributed by atoms with Gasteiger partial charge in [-0.2, -0.15) is 0 Å². The van der Waals surface area contributed by atoms with Gasteiger partial charge in [0.25, 0.3) is 5.56 Å². The minimum absolute atomic E-state index is 0.00334. The Bertz CT molecular complexity index is 1180. The number of nitrogens with zero attached hydrogens (tertiary/aromatic N) is 2. The standard InChI is InChI=1S/C24H27FN4O2/c1-28-10-8-15(11-22(28)30)18-7-9-26-13-19(18)24(31)29(17-5-6-17)14-16-12-27-21-4-2-3-20(25)23(16)21/h2-4,8,10-12,17-19,26-27H,5-7,9,13-14H2,1H3/t18-,19?/m1/s1. The lowest BCUT2D eigenvalue weighted by molar-refractivity contribution is -0.138. The molecule has 2 N–H and O–H groups in total. The van der Waals surface area contributed by atoms with E-state index in [1.807, 2.05) is 23.2 Å². The van der Waals surface area contributed by atoms with E-state index in [2.05, 4.69) is 10.3 Å². The van der Waals surface area contributed by atoms with E-state index in [1.54, 1.807) is 29.9 Å². The van der Waals surface area contributed by atoms with Gasteiger partial charge >= 0.3 is 0 Å². The number of piperidine rings is 1. The highest BCUT2D eigenvalue weighted by Crippen LogP contribution is 2.36. The van der Waals surface area contributed by atoms with Crippen molar-refractivity contribution < 1.29 is 9.18 Å². The maximum absolute atomic E-state index is 14.5. The van der Waals surface area contributed by atoms with E-state index in [0.717, 1.165) is 42.5 Å². The summed E-state index contributed by atoms with van der Waals surface area (Å²) in [7, 11) is 1.73. The highest BCUT2D eigenvalue weighted by atomic mass is 19.1. The average molecular weight is 423 g/mol. The molecule has 3 aromatic rings. The van der Waals surface area contributed by atoms with Crippen molar-refractivity contribution in [1.29, 1.82) is 0 Å². The molecule has 6 nitrogen and oxygen atoms in total. The molecule has 1 aliphatic heterocycles. The number of fused-ring (bicyclic) bond motifs is 1. The summed E-state index contributed by atoms with van der Waals surface area (Å²) < 4.78 is 16.0.